The summed E-state index contributed by atoms with van der Waals surface area (Å²) < 4.78 is 0. The van der Waals surface area contributed by atoms with E-state index in [9.17, 15) is 0 Å². The van der Waals surface area contributed by atoms with Crippen LogP contribution < -0.4 is 0 Å². The van der Waals surface area contributed by atoms with E-state index in [0.29, 0.717) is 5.69 Å². The molecule has 0 unspecified atom stereocenters. The molecule has 1 aromatic carbocycles. The summed E-state index contributed by atoms with van der Waals surface area (Å²) in [6.45, 7) is 0.00417. The van der Waals surface area contributed by atoms with E-state index in [-0.39, 0.29) is 12.3 Å². The van der Waals surface area contributed by atoms with Crippen LogP contribution in [0.15, 0.2) is 24.3 Å². The summed E-state index contributed by atoms with van der Waals surface area (Å²) in [6, 6.07) is 9.11. The van der Waals surface area contributed by atoms with Crippen LogP contribution in [0, 0.1) is 11.3 Å². The van der Waals surface area contributed by atoms with Crippen LogP contribution in [0.2, 0.25) is 0 Å². The van der Waals surface area contributed by atoms with Crippen molar-refractivity contribution in [3.8, 4) is 17.3 Å². The molecule has 5 nitrogen and oxygen atoms in total. The van der Waals surface area contributed by atoms with Crippen molar-refractivity contribution in [2.75, 3.05) is 0 Å². The minimum atomic E-state index is 0.00417. The summed E-state index contributed by atoms with van der Waals surface area (Å²) in [5.74, 6) is 0. The fraction of sp³-hybridized carbons (Fsp3) is 0.100. The van der Waals surface area contributed by atoms with E-state index >= 15 is 0 Å². The topological polar surface area (TPSA) is 85.6 Å². The molecule has 0 aliphatic carbocycles. The van der Waals surface area contributed by atoms with Gasteiger partial charge in [-0.1, -0.05) is 24.3 Å². The zero-order valence-electron chi connectivity index (χ0n) is 7.81. The monoisotopic (exact) mass is 200 g/mol. The number of aromatic amines is 1. The van der Waals surface area contributed by atoms with Gasteiger partial charge in [0.15, 0.2) is 5.69 Å². The molecular formula is C10H8N4O. The van der Waals surface area contributed by atoms with Crippen molar-refractivity contribution in [1.29, 1.82) is 5.26 Å². The number of nitrogens with zero attached hydrogens (tertiary/aromatic N) is 3. The number of nitriles is 1. The average Bonchev–Trinajstić information content (AvgIpc) is 2.77. The van der Waals surface area contributed by atoms with Crippen LogP contribution >= 0.6 is 0 Å². The summed E-state index contributed by atoms with van der Waals surface area (Å²) in [6.07, 6.45) is 0. The SMILES string of the molecule is N#Cc1n[nH]nc1-c1ccc(CO)cc1. The Morgan fingerprint density at radius 1 is 1.27 bits per heavy atom. The van der Waals surface area contributed by atoms with Gasteiger partial charge in [-0.3, -0.25) is 0 Å². The van der Waals surface area contributed by atoms with Crippen LogP contribution in [-0.4, -0.2) is 20.5 Å². The van der Waals surface area contributed by atoms with Gasteiger partial charge in [-0.15, -0.1) is 5.10 Å². The van der Waals surface area contributed by atoms with E-state index in [1.54, 1.807) is 24.3 Å². The molecule has 0 saturated carbocycles. The maximum absolute atomic E-state index is 8.87. The van der Waals surface area contributed by atoms with Gasteiger partial charge in [-0.2, -0.15) is 15.6 Å². The maximum atomic E-state index is 8.87. The Balaban J connectivity index is 2.42. The van der Waals surface area contributed by atoms with E-state index in [1.165, 1.54) is 0 Å². The lowest BCUT2D eigenvalue weighted by Crippen LogP contribution is -1.85. The highest BCUT2D eigenvalue weighted by molar-refractivity contribution is 5.64. The molecule has 0 fully saturated rings. The molecule has 2 N–H and O–H groups in total. The van der Waals surface area contributed by atoms with Crippen molar-refractivity contribution < 1.29 is 5.11 Å². The number of benzene rings is 1. The molecule has 2 aromatic rings. The number of aliphatic hydroxyl groups excluding tert-OH is 1. The Morgan fingerprint density at radius 3 is 2.60 bits per heavy atom. The van der Waals surface area contributed by atoms with Crippen molar-refractivity contribution in [2.24, 2.45) is 0 Å². The van der Waals surface area contributed by atoms with E-state index < -0.39 is 0 Å². The molecule has 5 heteroatoms. The molecule has 1 aromatic heterocycles. The summed E-state index contributed by atoms with van der Waals surface area (Å²) in [5.41, 5.74) is 2.42. The predicted octanol–water partition coefficient (Wildman–Crippen LogP) is 0.836. The zero-order valence-corrected chi connectivity index (χ0v) is 7.81. The summed E-state index contributed by atoms with van der Waals surface area (Å²) in [5, 5.41) is 27.6. The van der Waals surface area contributed by atoms with Gasteiger partial charge in [-0.25, -0.2) is 0 Å². The van der Waals surface area contributed by atoms with Crippen LogP contribution in [0.1, 0.15) is 11.3 Å². The van der Waals surface area contributed by atoms with E-state index in [0.717, 1.165) is 11.1 Å². The van der Waals surface area contributed by atoms with E-state index in [1.807, 2.05) is 6.07 Å². The molecule has 0 bridgehead atoms. The number of aliphatic hydroxyl groups is 1. The molecule has 0 radical (unpaired) electrons. The summed E-state index contributed by atoms with van der Waals surface area (Å²) in [7, 11) is 0. The second-order valence-corrected chi connectivity index (χ2v) is 2.99. The third-order valence-corrected chi connectivity index (χ3v) is 2.06. The summed E-state index contributed by atoms with van der Waals surface area (Å²) in [4.78, 5) is 0. The van der Waals surface area contributed by atoms with Gasteiger partial charge >= 0.3 is 0 Å². The van der Waals surface area contributed by atoms with Gasteiger partial charge < -0.3 is 5.11 Å². The quantitative estimate of drug-likeness (QED) is 0.752. The highest BCUT2D eigenvalue weighted by atomic mass is 16.3. The zero-order chi connectivity index (χ0) is 10.7. The number of nitrogens with one attached hydrogen (secondary N) is 1. The lowest BCUT2D eigenvalue weighted by molar-refractivity contribution is 0.282. The Kier molecular flexibility index (Phi) is 2.44. The third kappa shape index (κ3) is 1.71. The van der Waals surface area contributed by atoms with Gasteiger partial charge in [0.25, 0.3) is 0 Å². The van der Waals surface area contributed by atoms with Crippen LogP contribution in [0.25, 0.3) is 11.3 Å². The molecule has 1 heterocycles. The normalized spacial score (nSPS) is 9.87. The van der Waals surface area contributed by atoms with Crippen molar-refractivity contribution in [3.05, 3.63) is 35.5 Å². The third-order valence-electron chi connectivity index (χ3n) is 2.06. The highest BCUT2D eigenvalue weighted by Gasteiger charge is 2.08. The predicted molar refractivity (Wildman–Crippen MR) is 52.5 cm³/mol. The van der Waals surface area contributed by atoms with Crippen LogP contribution in [0.3, 0.4) is 0 Å². The first-order chi connectivity index (χ1) is 7.35. The molecule has 0 aliphatic heterocycles. The van der Waals surface area contributed by atoms with Crippen molar-refractivity contribution in [3.63, 3.8) is 0 Å². The second-order valence-electron chi connectivity index (χ2n) is 2.99. The highest BCUT2D eigenvalue weighted by Crippen LogP contribution is 2.19. The Bertz CT molecular complexity index is 495. The Hall–Kier alpha value is -2.19. The van der Waals surface area contributed by atoms with Crippen molar-refractivity contribution in [1.82, 2.24) is 15.4 Å². The van der Waals surface area contributed by atoms with Crippen LogP contribution in [-0.2, 0) is 6.61 Å². The second kappa shape index (κ2) is 3.90. The first-order valence-electron chi connectivity index (χ1n) is 4.36. The van der Waals surface area contributed by atoms with Gasteiger partial charge in [0, 0.05) is 5.56 Å². The molecule has 0 atom stereocenters. The molecule has 0 aliphatic rings. The minimum absolute atomic E-state index is 0.00417. The largest absolute Gasteiger partial charge is 0.392 e. The van der Waals surface area contributed by atoms with Crippen molar-refractivity contribution >= 4 is 0 Å². The van der Waals surface area contributed by atoms with Crippen LogP contribution in [0.5, 0.6) is 0 Å². The van der Waals surface area contributed by atoms with Crippen molar-refractivity contribution in [2.45, 2.75) is 6.61 Å². The van der Waals surface area contributed by atoms with Crippen LogP contribution in [0.4, 0.5) is 0 Å². The average molecular weight is 200 g/mol. The first-order valence-corrected chi connectivity index (χ1v) is 4.36. The Morgan fingerprint density at radius 2 is 2.00 bits per heavy atom. The molecule has 0 saturated heterocycles. The molecule has 0 amide bonds. The molecule has 15 heavy (non-hydrogen) atoms. The first kappa shape index (κ1) is 9.37. The molecular weight excluding hydrogens is 192 g/mol. The van der Waals surface area contributed by atoms with Gasteiger partial charge in [-0.05, 0) is 5.56 Å². The number of H-pyrrole nitrogens is 1. The Labute approximate surface area is 86.0 Å². The number of rotatable bonds is 2. The van der Waals surface area contributed by atoms with E-state index in [2.05, 4.69) is 15.4 Å². The maximum Gasteiger partial charge on any atom is 0.190 e. The van der Waals surface area contributed by atoms with E-state index in [4.69, 9.17) is 10.4 Å². The molecule has 0 spiro atoms. The van der Waals surface area contributed by atoms with Gasteiger partial charge in [0.2, 0.25) is 0 Å². The fourth-order valence-electron chi connectivity index (χ4n) is 1.28. The smallest absolute Gasteiger partial charge is 0.190 e. The van der Waals surface area contributed by atoms with Gasteiger partial charge in [0.1, 0.15) is 11.8 Å². The summed E-state index contributed by atoms with van der Waals surface area (Å²) >= 11 is 0. The number of aromatic nitrogens is 3. The lowest BCUT2D eigenvalue weighted by atomic mass is 10.1. The lowest BCUT2D eigenvalue weighted by Gasteiger charge is -1.98. The van der Waals surface area contributed by atoms with Gasteiger partial charge in [0.05, 0.1) is 6.61 Å². The minimum Gasteiger partial charge on any atom is -0.392 e. The number of hydrogen-bond donors (Lipinski definition) is 2. The molecule has 74 valence electrons. The molecule has 2 rings (SSSR count). The standard InChI is InChI=1S/C10H8N4O/c11-5-9-10(13-14-12-9)8-3-1-7(6-15)2-4-8/h1-4,15H,6H2,(H,12,13,14). The fourth-order valence-corrected chi connectivity index (χ4v) is 1.28. The number of hydrogen-bond acceptors (Lipinski definition) is 4.